The van der Waals surface area contributed by atoms with Gasteiger partial charge in [-0.1, -0.05) is 35.9 Å². The van der Waals surface area contributed by atoms with E-state index in [-0.39, 0.29) is 5.91 Å². The molecule has 0 radical (unpaired) electrons. The van der Waals surface area contributed by atoms with E-state index in [1.807, 2.05) is 71.4 Å². The summed E-state index contributed by atoms with van der Waals surface area (Å²) in [4.78, 5) is 15.0. The number of nitrogens with zero attached hydrogens (tertiary/aromatic N) is 3. The fraction of sp³-hybridized carbons (Fsp3) is 0.238. The highest BCUT2D eigenvalue weighted by Gasteiger charge is 2.24. The van der Waals surface area contributed by atoms with Gasteiger partial charge in [-0.2, -0.15) is 16.9 Å². The highest BCUT2D eigenvalue weighted by atomic mass is 35.5. The number of benzene rings is 2. The molecule has 0 aliphatic carbocycles. The van der Waals surface area contributed by atoms with Gasteiger partial charge in [0.15, 0.2) is 0 Å². The Balaban J connectivity index is 1.49. The molecule has 1 saturated heterocycles. The Morgan fingerprint density at radius 1 is 1.11 bits per heavy atom. The van der Waals surface area contributed by atoms with Gasteiger partial charge in [-0.15, -0.1) is 0 Å². The summed E-state index contributed by atoms with van der Waals surface area (Å²) in [6, 6.07) is 17.5. The molecule has 1 aliphatic heterocycles. The summed E-state index contributed by atoms with van der Waals surface area (Å²) in [5, 5.41) is 5.38. The standard InChI is InChI=1S/C21H20ClN3OS/c22-19-8-2-1-7-18(19)20-9-12-24(13-14-27-20)21(26)16-5-3-6-17(15-16)25-11-4-10-23-25/h1-8,10-11,15,20H,9,12-14H2/t20-/m1/s1. The minimum atomic E-state index is 0.0735. The van der Waals surface area contributed by atoms with Crippen molar-refractivity contribution in [2.24, 2.45) is 0 Å². The van der Waals surface area contributed by atoms with E-state index in [0.717, 1.165) is 36.0 Å². The summed E-state index contributed by atoms with van der Waals surface area (Å²) >= 11 is 8.25. The molecule has 0 N–H and O–H groups in total. The number of hydrogen-bond donors (Lipinski definition) is 0. The maximum Gasteiger partial charge on any atom is 0.253 e. The highest BCUT2D eigenvalue weighted by molar-refractivity contribution is 7.99. The summed E-state index contributed by atoms with van der Waals surface area (Å²) < 4.78 is 1.77. The predicted molar refractivity (Wildman–Crippen MR) is 111 cm³/mol. The predicted octanol–water partition coefficient (Wildman–Crippen LogP) is 4.85. The Morgan fingerprint density at radius 3 is 2.81 bits per heavy atom. The first kappa shape index (κ1) is 18.1. The number of carbonyl (C=O) groups is 1. The van der Waals surface area contributed by atoms with E-state index in [1.165, 1.54) is 5.56 Å². The third kappa shape index (κ3) is 4.04. The van der Waals surface area contributed by atoms with Gasteiger partial charge in [0.05, 0.1) is 5.69 Å². The number of halogens is 1. The van der Waals surface area contributed by atoms with Crippen LogP contribution in [0.4, 0.5) is 0 Å². The summed E-state index contributed by atoms with van der Waals surface area (Å²) in [6.07, 6.45) is 4.51. The molecule has 0 saturated carbocycles. The molecule has 138 valence electrons. The Bertz CT molecular complexity index is 929. The maximum atomic E-state index is 13.0. The van der Waals surface area contributed by atoms with Crippen molar-refractivity contribution in [2.75, 3.05) is 18.8 Å². The number of amides is 1. The zero-order chi connectivity index (χ0) is 18.6. The molecule has 0 bridgehead atoms. The van der Waals surface area contributed by atoms with Gasteiger partial charge in [0.25, 0.3) is 5.91 Å². The van der Waals surface area contributed by atoms with E-state index in [4.69, 9.17) is 11.6 Å². The number of hydrogen-bond acceptors (Lipinski definition) is 3. The second-order valence-electron chi connectivity index (χ2n) is 6.46. The van der Waals surface area contributed by atoms with Crippen LogP contribution in [-0.2, 0) is 0 Å². The van der Waals surface area contributed by atoms with Crippen LogP contribution in [0.15, 0.2) is 67.0 Å². The lowest BCUT2D eigenvalue weighted by atomic mass is 10.1. The van der Waals surface area contributed by atoms with Gasteiger partial charge in [0.2, 0.25) is 0 Å². The Hall–Kier alpha value is -2.24. The molecule has 1 aromatic heterocycles. The van der Waals surface area contributed by atoms with Crippen molar-refractivity contribution in [1.29, 1.82) is 0 Å². The monoisotopic (exact) mass is 397 g/mol. The summed E-state index contributed by atoms with van der Waals surface area (Å²) in [6.45, 7) is 1.48. The molecule has 3 aromatic rings. The minimum absolute atomic E-state index is 0.0735. The lowest BCUT2D eigenvalue weighted by Gasteiger charge is -2.21. The summed E-state index contributed by atoms with van der Waals surface area (Å²) in [7, 11) is 0. The van der Waals surface area contributed by atoms with Crippen molar-refractivity contribution in [3.8, 4) is 5.69 Å². The maximum absolute atomic E-state index is 13.0. The third-order valence-corrected chi connectivity index (χ3v) is 6.40. The van der Waals surface area contributed by atoms with Crippen molar-refractivity contribution < 1.29 is 4.79 Å². The van der Waals surface area contributed by atoms with E-state index in [0.29, 0.717) is 10.8 Å². The molecule has 2 heterocycles. The van der Waals surface area contributed by atoms with E-state index in [1.54, 1.807) is 10.9 Å². The van der Waals surface area contributed by atoms with Crippen LogP contribution in [0.2, 0.25) is 5.02 Å². The average Bonchev–Trinajstić information content (AvgIpc) is 3.13. The SMILES string of the molecule is O=C(c1cccc(-n2cccn2)c1)N1CCS[C@@H](c2ccccc2Cl)CC1. The fourth-order valence-corrected chi connectivity index (χ4v) is 4.94. The molecule has 1 amide bonds. The van der Waals surface area contributed by atoms with Crippen LogP contribution >= 0.6 is 23.4 Å². The normalized spacial score (nSPS) is 17.5. The lowest BCUT2D eigenvalue weighted by Crippen LogP contribution is -2.33. The summed E-state index contributed by atoms with van der Waals surface area (Å²) in [5.74, 6) is 0.977. The smallest absolute Gasteiger partial charge is 0.253 e. The molecule has 1 aliphatic rings. The molecular weight excluding hydrogens is 378 g/mol. The van der Waals surface area contributed by atoms with Crippen LogP contribution in [0.5, 0.6) is 0 Å². The molecule has 4 nitrogen and oxygen atoms in total. The second-order valence-corrected chi connectivity index (χ2v) is 8.18. The Morgan fingerprint density at radius 2 is 2.00 bits per heavy atom. The zero-order valence-corrected chi connectivity index (χ0v) is 16.4. The Labute approximate surface area is 168 Å². The summed E-state index contributed by atoms with van der Waals surface area (Å²) in [5.41, 5.74) is 2.76. The van der Waals surface area contributed by atoms with Crippen LogP contribution in [-0.4, -0.2) is 39.4 Å². The molecule has 1 fully saturated rings. The van der Waals surface area contributed by atoms with E-state index >= 15 is 0 Å². The number of aromatic nitrogens is 2. The molecule has 4 rings (SSSR count). The van der Waals surface area contributed by atoms with Gasteiger partial charge in [-0.25, -0.2) is 4.68 Å². The quantitative estimate of drug-likeness (QED) is 0.634. The first-order chi connectivity index (χ1) is 13.2. The van der Waals surface area contributed by atoms with E-state index in [2.05, 4.69) is 11.2 Å². The van der Waals surface area contributed by atoms with Gasteiger partial charge in [0.1, 0.15) is 0 Å². The third-order valence-electron chi connectivity index (χ3n) is 4.74. The fourth-order valence-electron chi connectivity index (χ4n) is 3.34. The molecule has 27 heavy (non-hydrogen) atoms. The second kappa shape index (κ2) is 8.19. The van der Waals surface area contributed by atoms with Crippen LogP contribution in [0.3, 0.4) is 0 Å². The molecule has 2 aromatic carbocycles. The van der Waals surface area contributed by atoms with Crippen LogP contribution < -0.4 is 0 Å². The molecular formula is C21H20ClN3OS. The number of rotatable bonds is 3. The van der Waals surface area contributed by atoms with Crippen molar-refractivity contribution in [1.82, 2.24) is 14.7 Å². The van der Waals surface area contributed by atoms with Crippen molar-refractivity contribution in [2.45, 2.75) is 11.7 Å². The van der Waals surface area contributed by atoms with Gasteiger partial charge in [0, 0.05) is 47.1 Å². The number of thioether (sulfide) groups is 1. The van der Waals surface area contributed by atoms with E-state index in [9.17, 15) is 4.79 Å². The minimum Gasteiger partial charge on any atom is -0.338 e. The zero-order valence-electron chi connectivity index (χ0n) is 14.8. The van der Waals surface area contributed by atoms with Crippen LogP contribution in [0.25, 0.3) is 5.69 Å². The first-order valence-corrected chi connectivity index (χ1v) is 10.4. The first-order valence-electron chi connectivity index (χ1n) is 8.98. The average molecular weight is 398 g/mol. The lowest BCUT2D eigenvalue weighted by molar-refractivity contribution is 0.0766. The van der Waals surface area contributed by atoms with Crippen molar-refractivity contribution >= 4 is 29.3 Å². The van der Waals surface area contributed by atoms with Gasteiger partial charge >= 0.3 is 0 Å². The van der Waals surface area contributed by atoms with Gasteiger partial charge in [-0.3, -0.25) is 4.79 Å². The number of carbonyl (C=O) groups excluding carboxylic acids is 1. The van der Waals surface area contributed by atoms with Crippen molar-refractivity contribution in [3.63, 3.8) is 0 Å². The Kier molecular flexibility index (Phi) is 5.50. The van der Waals surface area contributed by atoms with Crippen molar-refractivity contribution in [3.05, 3.63) is 83.1 Å². The van der Waals surface area contributed by atoms with E-state index < -0.39 is 0 Å². The highest BCUT2D eigenvalue weighted by Crippen LogP contribution is 2.38. The van der Waals surface area contributed by atoms with Gasteiger partial charge in [-0.05, 0) is 42.3 Å². The molecule has 0 spiro atoms. The van der Waals surface area contributed by atoms with Crippen LogP contribution in [0, 0.1) is 0 Å². The molecule has 1 atom stereocenters. The molecule has 6 heteroatoms. The van der Waals surface area contributed by atoms with Crippen LogP contribution in [0.1, 0.15) is 27.6 Å². The molecule has 0 unspecified atom stereocenters. The topological polar surface area (TPSA) is 38.1 Å². The largest absolute Gasteiger partial charge is 0.338 e. The van der Waals surface area contributed by atoms with Gasteiger partial charge < -0.3 is 4.90 Å².